The quantitative estimate of drug-likeness (QED) is 0.687. The molecule has 0 atom stereocenters. The highest BCUT2D eigenvalue weighted by molar-refractivity contribution is 7.71. The van der Waals surface area contributed by atoms with Crippen molar-refractivity contribution in [2.45, 2.75) is 26.7 Å². The topological polar surface area (TPSA) is 28.7 Å². The van der Waals surface area contributed by atoms with E-state index < -0.39 is 0 Å². The fraction of sp³-hybridized carbons (Fsp3) is 0.500. The lowest BCUT2D eigenvalue weighted by molar-refractivity contribution is 0.850. The second-order valence-corrected chi connectivity index (χ2v) is 3.01. The first kappa shape index (κ1) is 8.40. The van der Waals surface area contributed by atoms with Gasteiger partial charge in [0.05, 0.1) is 11.9 Å². The number of aromatic nitrogens is 2. The maximum atomic E-state index is 4.93. The highest BCUT2D eigenvalue weighted by Gasteiger charge is 1.96. The minimum Gasteiger partial charge on any atom is -0.347 e. The van der Waals surface area contributed by atoms with E-state index in [4.69, 9.17) is 12.2 Å². The molecule has 0 saturated carbocycles. The second kappa shape index (κ2) is 3.62. The Bertz CT molecular complexity index is 290. The molecule has 11 heavy (non-hydrogen) atoms. The summed E-state index contributed by atoms with van der Waals surface area (Å²) in [7, 11) is 0. The third-order valence-electron chi connectivity index (χ3n) is 1.57. The van der Waals surface area contributed by atoms with Gasteiger partial charge in [-0.05, 0) is 13.3 Å². The summed E-state index contributed by atoms with van der Waals surface area (Å²) in [6.07, 6.45) is 3.85. The van der Waals surface area contributed by atoms with E-state index in [0.29, 0.717) is 4.64 Å². The first-order valence-electron chi connectivity index (χ1n) is 3.79. The minimum atomic E-state index is 0.711. The Morgan fingerprint density at radius 1 is 1.64 bits per heavy atom. The van der Waals surface area contributed by atoms with Gasteiger partial charge in [0.1, 0.15) is 4.64 Å². The summed E-state index contributed by atoms with van der Waals surface area (Å²) in [6.45, 7) is 4.15. The van der Waals surface area contributed by atoms with Crippen LogP contribution in [0.1, 0.15) is 24.7 Å². The Morgan fingerprint density at radius 3 is 2.91 bits per heavy atom. The van der Waals surface area contributed by atoms with Gasteiger partial charge in [-0.3, -0.25) is 4.98 Å². The second-order valence-electron chi connectivity index (χ2n) is 2.57. The van der Waals surface area contributed by atoms with Crippen LogP contribution in [0.2, 0.25) is 0 Å². The summed E-state index contributed by atoms with van der Waals surface area (Å²) in [5.41, 5.74) is 2.22. The molecule has 2 nitrogen and oxygen atoms in total. The predicted octanol–water partition coefficient (Wildman–Crippen LogP) is 2.40. The number of hydrogen-bond acceptors (Lipinski definition) is 2. The van der Waals surface area contributed by atoms with Gasteiger partial charge < -0.3 is 4.98 Å². The first-order valence-corrected chi connectivity index (χ1v) is 4.19. The smallest absolute Gasteiger partial charge is 0.121 e. The van der Waals surface area contributed by atoms with Crippen molar-refractivity contribution in [2.24, 2.45) is 0 Å². The van der Waals surface area contributed by atoms with Gasteiger partial charge >= 0.3 is 0 Å². The van der Waals surface area contributed by atoms with Crippen LogP contribution in [-0.2, 0) is 6.42 Å². The molecular weight excluding hydrogens is 156 g/mol. The third kappa shape index (κ3) is 2.12. The van der Waals surface area contributed by atoms with Crippen LogP contribution in [-0.4, -0.2) is 9.97 Å². The molecule has 1 aromatic rings. The zero-order valence-corrected chi connectivity index (χ0v) is 7.66. The Morgan fingerprint density at radius 2 is 2.36 bits per heavy atom. The number of nitrogens with zero attached hydrogens (tertiary/aromatic N) is 1. The number of hydrogen-bond donors (Lipinski definition) is 1. The molecule has 0 unspecified atom stereocenters. The Hall–Kier alpha value is -0.700. The molecule has 0 fully saturated rings. The van der Waals surface area contributed by atoms with Crippen molar-refractivity contribution < 1.29 is 0 Å². The van der Waals surface area contributed by atoms with E-state index in [1.54, 1.807) is 6.20 Å². The molecule has 0 aliphatic rings. The van der Waals surface area contributed by atoms with Gasteiger partial charge in [0.15, 0.2) is 0 Å². The number of aryl methyl sites for hydroxylation is 2. The minimum absolute atomic E-state index is 0.711. The van der Waals surface area contributed by atoms with Crippen LogP contribution >= 0.6 is 12.2 Å². The molecule has 3 heteroatoms. The van der Waals surface area contributed by atoms with Crippen LogP contribution in [0, 0.1) is 11.6 Å². The van der Waals surface area contributed by atoms with Crippen LogP contribution in [0.3, 0.4) is 0 Å². The molecule has 0 radical (unpaired) electrons. The van der Waals surface area contributed by atoms with E-state index in [9.17, 15) is 0 Å². The summed E-state index contributed by atoms with van der Waals surface area (Å²) < 4.78 is 0.711. The van der Waals surface area contributed by atoms with Crippen LogP contribution < -0.4 is 0 Å². The lowest BCUT2D eigenvalue weighted by Crippen LogP contribution is -1.95. The summed E-state index contributed by atoms with van der Waals surface area (Å²) >= 11 is 4.93. The van der Waals surface area contributed by atoms with E-state index in [2.05, 4.69) is 16.9 Å². The van der Waals surface area contributed by atoms with Gasteiger partial charge in [0, 0.05) is 5.69 Å². The molecule has 0 amide bonds. The summed E-state index contributed by atoms with van der Waals surface area (Å²) in [5, 5.41) is 0. The molecule has 0 aliphatic heterocycles. The van der Waals surface area contributed by atoms with E-state index in [1.165, 1.54) is 0 Å². The van der Waals surface area contributed by atoms with Crippen LogP contribution in [0.5, 0.6) is 0 Å². The van der Waals surface area contributed by atoms with Gasteiger partial charge in [-0.15, -0.1) is 0 Å². The van der Waals surface area contributed by atoms with E-state index in [1.807, 2.05) is 6.92 Å². The molecule has 1 aromatic heterocycles. The summed E-state index contributed by atoms with van der Waals surface area (Å²) in [4.78, 5) is 7.31. The monoisotopic (exact) mass is 168 g/mol. The van der Waals surface area contributed by atoms with Crippen LogP contribution in [0.15, 0.2) is 6.20 Å². The fourth-order valence-electron chi connectivity index (χ4n) is 1.01. The lowest BCUT2D eigenvalue weighted by Gasteiger charge is -2.00. The van der Waals surface area contributed by atoms with Gasteiger partial charge in [-0.2, -0.15) is 0 Å². The van der Waals surface area contributed by atoms with Crippen molar-refractivity contribution in [2.75, 3.05) is 0 Å². The molecule has 0 spiro atoms. The maximum absolute atomic E-state index is 4.93. The number of rotatable bonds is 2. The van der Waals surface area contributed by atoms with E-state index in [-0.39, 0.29) is 0 Å². The van der Waals surface area contributed by atoms with E-state index >= 15 is 0 Å². The third-order valence-corrected chi connectivity index (χ3v) is 1.78. The Labute approximate surface area is 71.7 Å². The molecule has 0 bridgehead atoms. The lowest BCUT2D eigenvalue weighted by atomic mass is 10.2. The van der Waals surface area contributed by atoms with Crippen molar-refractivity contribution in [1.29, 1.82) is 0 Å². The van der Waals surface area contributed by atoms with Crippen molar-refractivity contribution in [3.8, 4) is 0 Å². The molecule has 0 aromatic carbocycles. The molecule has 1 N–H and O–H groups in total. The zero-order chi connectivity index (χ0) is 8.27. The zero-order valence-electron chi connectivity index (χ0n) is 6.85. The summed E-state index contributed by atoms with van der Waals surface area (Å²) in [5.74, 6) is 0. The maximum Gasteiger partial charge on any atom is 0.121 e. The standard InChI is InChI=1S/C8H12N2S/c1-3-4-7-6(2)10-8(11)5-9-7/h5H,3-4H2,1-2H3,(H,10,11). The Kier molecular flexibility index (Phi) is 2.76. The first-order chi connectivity index (χ1) is 5.24. The molecule has 0 aliphatic carbocycles. The molecular formula is C8H12N2S. The van der Waals surface area contributed by atoms with Crippen LogP contribution in [0.4, 0.5) is 0 Å². The highest BCUT2D eigenvalue weighted by Crippen LogP contribution is 2.02. The number of H-pyrrole nitrogens is 1. The summed E-state index contributed by atoms with van der Waals surface area (Å²) in [6, 6.07) is 0. The Balaban J connectivity index is 2.99. The highest BCUT2D eigenvalue weighted by atomic mass is 32.1. The molecule has 60 valence electrons. The average molecular weight is 168 g/mol. The van der Waals surface area contributed by atoms with Crippen molar-refractivity contribution in [3.63, 3.8) is 0 Å². The normalized spacial score (nSPS) is 10.0. The van der Waals surface area contributed by atoms with Crippen molar-refractivity contribution in [3.05, 3.63) is 22.2 Å². The van der Waals surface area contributed by atoms with Crippen LogP contribution in [0.25, 0.3) is 0 Å². The number of aromatic amines is 1. The van der Waals surface area contributed by atoms with Gasteiger partial charge in [0.25, 0.3) is 0 Å². The number of nitrogens with one attached hydrogen (secondary N) is 1. The molecule has 1 heterocycles. The van der Waals surface area contributed by atoms with Gasteiger partial charge in [-0.25, -0.2) is 0 Å². The predicted molar refractivity (Wildman–Crippen MR) is 48.2 cm³/mol. The SMILES string of the molecule is CCCc1ncc(=S)[nH]c1C. The van der Waals surface area contributed by atoms with Crippen molar-refractivity contribution in [1.82, 2.24) is 9.97 Å². The van der Waals surface area contributed by atoms with Crippen molar-refractivity contribution >= 4 is 12.2 Å². The largest absolute Gasteiger partial charge is 0.347 e. The molecule has 1 rings (SSSR count). The fourth-order valence-corrected chi connectivity index (χ4v) is 1.22. The average Bonchev–Trinajstić information content (AvgIpc) is 1.95. The molecule has 0 saturated heterocycles. The van der Waals surface area contributed by atoms with Gasteiger partial charge in [0.2, 0.25) is 0 Å². The van der Waals surface area contributed by atoms with Gasteiger partial charge in [-0.1, -0.05) is 25.6 Å². The van der Waals surface area contributed by atoms with E-state index in [0.717, 1.165) is 24.2 Å².